The Kier molecular flexibility index (Phi) is 6.13. The first kappa shape index (κ1) is 19.4. The van der Waals surface area contributed by atoms with Crippen molar-refractivity contribution in [2.45, 2.75) is 6.54 Å². The fourth-order valence-electron chi connectivity index (χ4n) is 3.03. The van der Waals surface area contributed by atoms with Crippen molar-refractivity contribution in [3.8, 4) is 0 Å². The van der Waals surface area contributed by atoms with Crippen LogP contribution in [-0.4, -0.2) is 66.3 Å². The molecule has 1 aliphatic rings. The summed E-state index contributed by atoms with van der Waals surface area (Å²) in [7, 11) is 1.57. The third-order valence-corrected chi connectivity index (χ3v) is 4.97. The second-order valence-corrected chi connectivity index (χ2v) is 6.90. The molecule has 2 aromatic rings. The van der Waals surface area contributed by atoms with Gasteiger partial charge in [-0.2, -0.15) is 0 Å². The molecule has 144 valence electrons. The highest BCUT2D eigenvalue weighted by molar-refractivity contribution is 6.31. The highest BCUT2D eigenvalue weighted by Crippen LogP contribution is 2.21. The number of hydrogen-bond donors (Lipinski definition) is 0. The van der Waals surface area contributed by atoms with Gasteiger partial charge in [-0.05, 0) is 24.3 Å². The van der Waals surface area contributed by atoms with E-state index < -0.39 is 0 Å². The van der Waals surface area contributed by atoms with E-state index in [0.717, 1.165) is 0 Å². The van der Waals surface area contributed by atoms with E-state index in [1.54, 1.807) is 36.2 Å². The van der Waals surface area contributed by atoms with Crippen molar-refractivity contribution in [1.82, 2.24) is 14.7 Å². The molecule has 3 rings (SSSR count). The van der Waals surface area contributed by atoms with Gasteiger partial charge < -0.3 is 14.2 Å². The van der Waals surface area contributed by atoms with Gasteiger partial charge in [-0.1, -0.05) is 17.7 Å². The molecule has 0 spiro atoms. The van der Waals surface area contributed by atoms with Crippen molar-refractivity contribution in [2.24, 2.45) is 0 Å². The van der Waals surface area contributed by atoms with Crippen LogP contribution >= 0.6 is 11.6 Å². The molecule has 0 unspecified atom stereocenters. The first-order valence-electron chi connectivity index (χ1n) is 8.67. The Morgan fingerprint density at radius 2 is 1.93 bits per heavy atom. The van der Waals surface area contributed by atoms with Gasteiger partial charge in [0.2, 0.25) is 5.91 Å². The third-order valence-electron chi connectivity index (χ3n) is 4.62. The third kappa shape index (κ3) is 4.67. The fraction of sp³-hybridized carbons (Fsp3) is 0.368. The van der Waals surface area contributed by atoms with E-state index in [9.17, 15) is 14.0 Å². The number of amides is 2. The number of piperazine rings is 1. The number of likely N-dealkylation sites (N-methyl/N-ethyl adjacent to an activating group) is 1. The van der Waals surface area contributed by atoms with Crippen LogP contribution in [0.1, 0.15) is 16.1 Å². The van der Waals surface area contributed by atoms with Crippen molar-refractivity contribution in [3.05, 3.63) is 58.8 Å². The zero-order valence-electron chi connectivity index (χ0n) is 15.0. The molecule has 2 amide bonds. The maximum absolute atomic E-state index is 13.9. The van der Waals surface area contributed by atoms with E-state index in [2.05, 4.69) is 4.90 Å². The van der Waals surface area contributed by atoms with Gasteiger partial charge >= 0.3 is 0 Å². The first-order valence-corrected chi connectivity index (χ1v) is 9.05. The lowest BCUT2D eigenvalue weighted by atomic mass is 10.2. The number of hydrogen-bond acceptors (Lipinski definition) is 4. The molecule has 1 saturated heterocycles. The molecule has 0 radical (unpaired) electrons. The van der Waals surface area contributed by atoms with Gasteiger partial charge in [-0.3, -0.25) is 14.5 Å². The Hall–Kier alpha value is -2.38. The summed E-state index contributed by atoms with van der Waals surface area (Å²) < 4.78 is 19.0. The average molecular weight is 394 g/mol. The molecule has 0 N–H and O–H groups in total. The normalized spacial score (nSPS) is 15.0. The second kappa shape index (κ2) is 8.54. The van der Waals surface area contributed by atoms with Crippen LogP contribution in [0, 0.1) is 5.82 Å². The quantitative estimate of drug-likeness (QED) is 0.783. The molecule has 2 heterocycles. The summed E-state index contributed by atoms with van der Waals surface area (Å²) in [5.41, 5.74) is 0.475. The second-order valence-electron chi connectivity index (χ2n) is 6.50. The van der Waals surface area contributed by atoms with Crippen LogP contribution in [0.2, 0.25) is 5.02 Å². The first-order chi connectivity index (χ1) is 13.0. The maximum Gasteiger partial charge on any atom is 0.289 e. The molecule has 0 bridgehead atoms. The standard InChI is InChI=1S/C19H21ClFN3O3/c1-22(19(26)17-6-3-11-27-17)13-18(25)24-9-7-23(8-10-24)12-14-15(20)4-2-5-16(14)21/h2-6,11H,7-10,12-13H2,1H3. The van der Waals surface area contributed by atoms with Crippen LogP contribution in [0.25, 0.3) is 0 Å². The number of benzene rings is 1. The maximum atomic E-state index is 13.9. The molecule has 0 saturated carbocycles. The van der Waals surface area contributed by atoms with Crippen molar-refractivity contribution in [3.63, 3.8) is 0 Å². The Labute approximate surface area is 162 Å². The summed E-state index contributed by atoms with van der Waals surface area (Å²) >= 11 is 6.08. The SMILES string of the molecule is CN(CC(=O)N1CCN(Cc2c(F)cccc2Cl)CC1)C(=O)c1ccco1. The van der Waals surface area contributed by atoms with E-state index in [-0.39, 0.29) is 29.9 Å². The lowest BCUT2D eigenvalue weighted by Crippen LogP contribution is -2.51. The number of nitrogens with zero attached hydrogens (tertiary/aromatic N) is 3. The molecule has 1 aromatic carbocycles. The Balaban J connectivity index is 1.50. The van der Waals surface area contributed by atoms with E-state index >= 15 is 0 Å². The fourth-order valence-corrected chi connectivity index (χ4v) is 3.25. The van der Waals surface area contributed by atoms with Crippen molar-refractivity contribution in [1.29, 1.82) is 0 Å². The summed E-state index contributed by atoms with van der Waals surface area (Å²) in [5.74, 6) is -0.571. The molecule has 8 heteroatoms. The number of carbonyl (C=O) groups is 2. The summed E-state index contributed by atoms with van der Waals surface area (Å²) in [6.45, 7) is 2.67. The zero-order valence-corrected chi connectivity index (χ0v) is 15.8. The molecule has 27 heavy (non-hydrogen) atoms. The monoisotopic (exact) mass is 393 g/mol. The van der Waals surface area contributed by atoms with Crippen LogP contribution in [0.15, 0.2) is 41.0 Å². The highest BCUT2D eigenvalue weighted by Gasteiger charge is 2.25. The highest BCUT2D eigenvalue weighted by atomic mass is 35.5. The summed E-state index contributed by atoms with van der Waals surface area (Å²) in [4.78, 5) is 29.7. The van der Waals surface area contributed by atoms with Crippen LogP contribution in [0.3, 0.4) is 0 Å². The largest absolute Gasteiger partial charge is 0.459 e. The minimum absolute atomic E-state index is 0.0152. The van der Waals surface area contributed by atoms with Crippen molar-refractivity contribution < 1.29 is 18.4 Å². The van der Waals surface area contributed by atoms with Crippen LogP contribution in [0.4, 0.5) is 4.39 Å². The van der Waals surface area contributed by atoms with E-state index in [4.69, 9.17) is 16.0 Å². The zero-order chi connectivity index (χ0) is 19.4. The molecule has 1 aromatic heterocycles. The van der Waals surface area contributed by atoms with Gasteiger partial charge in [0, 0.05) is 50.4 Å². The predicted molar refractivity (Wildman–Crippen MR) is 98.9 cm³/mol. The number of furan rings is 1. The van der Waals surface area contributed by atoms with Gasteiger partial charge in [0.1, 0.15) is 5.82 Å². The Morgan fingerprint density at radius 1 is 1.19 bits per heavy atom. The summed E-state index contributed by atoms with van der Waals surface area (Å²) in [6, 6.07) is 7.84. The smallest absolute Gasteiger partial charge is 0.289 e. The lowest BCUT2D eigenvalue weighted by molar-refractivity contribution is -0.133. The van der Waals surface area contributed by atoms with Crippen LogP contribution in [-0.2, 0) is 11.3 Å². The minimum Gasteiger partial charge on any atom is -0.459 e. The minimum atomic E-state index is -0.332. The molecule has 0 aliphatic carbocycles. The molecule has 6 nitrogen and oxygen atoms in total. The number of carbonyl (C=O) groups excluding carboxylic acids is 2. The summed E-state index contributed by atoms with van der Waals surface area (Å²) in [5, 5.41) is 0.409. The van der Waals surface area contributed by atoms with Gasteiger partial charge in [0.15, 0.2) is 5.76 Å². The van der Waals surface area contributed by atoms with Gasteiger partial charge in [0.05, 0.1) is 12.8 Å². The summed E-state index contributed by atoms with van der Waals surface area (Å²) in [6.07, 6.45) is 1.42. The van der Waals surface area contributed by atoms with Crippen LogP contribution in [0.5, 0.6) is 0 Å². The Bertz CT molecular complexity index is 784. The van der Waals surface area contributed by atoms with Gasteiger partial charge in [-0.15, -0.1) is 0 Å². The topological polar surface area (TPSA) is 57.0 Å². The lowest BCUT2D eigenvalue weighted by Gasteiger charge is -2.35. The average Bonchev–Trinajstić information content (AvgIpc) is 3.19. The Morgan fingerprint density at radius 3 is 2.56 bits per heavy atom. The number of rotatable bonds is 5. The number of halogens is 2. The molecular formula is C19H21ClFN3O3. The van der Waals surface area contributed by atoms with Gasteiger partial charge in [0.25, 0.3) is 5.91 Å². The molecule has 0 atom stereocenters. The van der Waals surface area contributed by atoms with Crippen molar-refractivity contribution >= 4 is 23.4 Å². The molecule has 1 fully saturated rings. The van der Waals surface area contributed by atoms with Crippen LogP contribution < -0.4 is 0 Å². The van der Waals surface area contributed by atoms with E-state index in [0.29, 0.717) is 43.3 Å². The molecule has 1 aliphatic heterocycles. The van der Waals surface area contributed by atoms with Gasteiger partial charge in [-0.25, -0.2) is 4.39 Å². The van der Waals surface area contributed by atoms with E-state index in [1.807, 2.05) is 0 Å². The van der Waals surface area contributed by atoms with E-state index in [1.165, 1.54) is 17.2 Å². The van der Waals surface area contributed by atoms with Crippen molar-refractivity contribution in [2.75, 3.05) is 39.8 Å². The predicted octanol–water partition coefficient (Wildman–Crippen LogP) is 2.49. The molecular weight excluding hydrogens is 373 g/mol.